The maximum atomic E-state index is 13.2. The Labute approximate surface area is 285 Å². The molecule has 0 radical (unpaired) electrons. The van der Waals surface area contributed by atoms with E-state index < -0.39 is 11.6 Å². The summed E-state index contributed by atoms with van der Waals surface area (Å²) in [5.41, 5.74) is 6.20. The molecule has 0 unspecified atom stereocenters. The van der Waals surface area contributed by atoms with Gasteiger partial charge in [0.15, 0.2) is 0 Å². The van der Waals surface area contributed by atoms with Crippen molar-refractivity contribution < 1.29 is 29.2 Å². The van der Waals surface area contributed by atoms with Crippen LogP contribution in [0.5, 0.6) is 5.75 Å². The number of hydrogen-bond acceptors (Lipinski definition) is 7. The number of likely N-dealkylation sites (tertiary alicyclic amines) is 1. The Hall–Kier alpha value is -3.53. The first kappa shape index (κ1) is 37.3. The fraction of sp³-hybridized carbons (Fsp3) is 0.538. The molecule has 48 heavy (non-hydrogen) atoms. The monoisotopic (exact) mass is 663 g/mol. The number of carboxylic acids is 1. The summed E-state index contributed by atoms with van der Waals surface area (Å²) in [5, 5.41) is 28.5. The van der Waals surface area contributed by atoms with Gasteiger partial charge in [0.1, 0.15) is 11.6 Å². The maximum absolute atomic E-state index is 13.2. The predicted molar refractivity (Wildman–Crippen MR) is 189 cm³/mol. The van der Waals surface area contributed by atoms with Crippen molar-refractivity contribution in [3.05, 3.63) is 76.9 Å². The van der Waals surface area contributed by atoms with Crippen LogP contribution >= 0.6 is 0 Å². The predicted octanol–water partition coefficient (Wildman–Crippen LogP) is 6.81. The topological polar surface area (TPSA) is 106 Å². The van der Waals surface area contributed by atoms with Crippen LogP contribution in [0, 0.1) is 18.2 Å². The highest BCUT2D eigenvalue weighted by Crippen LogP contribution is 2.42. The number of benzene rings is 2. The van der Waals surface area contributed by atoms with Gasteiger partial charge in [-0.15, -0.1) is 0 Å². The zero-order valence-corrected chi connectivity index (χ0v) is 29.6. The Morgan fingerprint density at radius 1 is 1.00 bits per heavy atom. The molecule has 5 rings (SSSR count). The van der Waals surface area contributed by atoms with Gasteiger partial charge in [-0.1, -0.05) is 38.1 Å². The van der Waals surface area contributed by atoms with E-state index in [9.17, 15) is 19.4 Å². The van der Waals surface area contributed by atoms with Gasteiger partial charge in [-0.25, -0.2) is 4.39 Å². The molecule has 0 amide bonds. The van der Waals surface area contributed by atoms with Crippen LogP contribution in [0.15, 0.2) is 48.5 Å². The second-order valence-electron chi connectivity index (χ2n) is 15.0. The number of rotatable bonds is 10. The molecule has 3 N–H and O–H groups in total. The summed E-state index contributed by atoms with van der Waals surface area (Å²) in [4.78, 5) is 21.9. The second kappa shape index (κ2) is 16.2. The van der Waals surface area contributed by atoms with E-state index in [1.165, 1.54) is 12.1 Å². The Bertz CT molecular complexity index is 1480. The van der Waals surface area contributed by atoms with Crippen molar-refractivity contribution in [3.63, 3.8) is 0 Å². The first-order valence-electron chi connectivity index (χ1n) is 17.2. The highest BCUT2D eigenvalue weighted by Gasteiger charge is 2.31. The van der Waals surface area contributed by atoms with Gasteiger partial charge in [0.05, 0.1) is 36.1 Å². The van der Waals surface area contributed by atoms with Gasteiger partial charge in [-0.05, 0) is 94.2 Å². The number of aliphatic hydroxyl groups is 2. The van der Waals surface area contributed by atoms with Crippen LogP contribution in [0.3, 0.4) is 0 Å². The van der Waals surface area contributed by atoms with Gasteiger partial charge in [-0.3, -0.25) is 14.7 Å². The number of carbonyl (C=O) groups is 1. The van der Waals surface area contributed by atoms with Crippen LogP contribution in [0.4, 0.5) is 10.1 Å². The number of aliphatic carboxylic acids is 1. The minimum absolute atomic E-state index is 0.0815. The Kier molecular flexibility index (Phi) is 12.6. The summed E-state index contributed by atoms with van der Waals surface area (Å²) >= 11 is 0. The molecule has 0 bridgehead atoms. The zero-order valence-electron chi connectivity index (χ0n) is 29.6. The first-order chi connectivity index (χ1) is 22.6. The van der Waals surface area contributed by atoms with Gasteiger partial charge >= 0.3 is 5.97 Å². The van der Waals surface area contributed by atoms with Gasteiger partial charge in [-0.2, -0.15) is 0 Å². The number of carboxylic acid groups (broad SMARTS) is 1. The average Bonchev–Trinajstić information content (AvgIpc) is 3.00. The van der Waals surface area contributed by atoms with Crippen molar-refractivity contribution in [2.75, 3.05) is 37.7 Å². The lowest BCUT2D eigenvalue weighted by molar-refractivity contribution is -0.136. The zero-order chi connectivity index (χ0) is 35.1. The van der Waals surface area contributed by atoms with E-state index in [1.807, 2.05) is 31.2 Å². The summed E-state index contributed by atoms with van der Waals surface area (Å²) in [6, 6.07) is 14.5. The van der Waals surface area contributed by atoms with E-state index >= 15 is 0 Å². The number of aromatic nitrogens is 1. The number of piperidine rings is 2. The lowest BCUT2D eigenvalue weighted by Gasteiger charge is -2.40. The molecule has 0 saturated carbocycles. The number of halogens is 1. The molecule has 2 saturated heterocycles. The highest BCUT2D eigenvalue weighted by molar-refractivity contribution is 5.86. The van der Waals surface area contributed by atoms with Crippen molar-refractivity contribution in [2.45, 2.75) is 98.3 Å². The van der Waals surface area contributed by atoms with Gasteiger partial charge < -0.3 is 25.0 Å². The van der Waals surface area contributed by atoms with Crippen LogP contribution in [0.25, 0.3) is 11.1 Å². The van der Waals surface area contributed by atoms with E-state index in [-0.39, 0.29) is 23.8 Å². The third kappa shape index (κ3) is 11.3. The molecule has 0 aliphatic carbocycles. The molecular weight excluding hydrogens is 609 g/mol. The van der Waals surface area contributed by atoms with Crippen LogP contribution in [-0.2, 0) is 24.2 Å². The molecule has 3 heterocycles. The smallest absolute Gasteiger partial charge is 0.307 e. The van der Waals surface area contributed by atoms with Gasteiger partial charge in [0, 0.05) is 56.0 Å². The molecule has 9 heteroatoms. The molecule has 2 aliphatic rings. The van der Waals surface area contributed by atoms with Crippen molar-refractivity contribution in [2.24, 2.45) is 5.41 Å². The summed E-state index contributed by atoms with van der Waals surface area (Å²) < 4.78 is 19.3. The molecule has 2 fully saturated rings. The Morgan fingerprint density at radius 3 is 2.15 bits per heavy atom. The average molecular weight is 664 g/mol. The van der Waals surface area contributed by atoms with E-state index in [4.69, 9.17) is 14.8 Å². The molecular formula is C39H54FN3O5. The third-order valence-electron chi connectivity index (χ3n) is 8.96. The van der Waals surface area contributed by atoms with Crippen molar-refractivity contribution >= 4 is 11.7 Å². The number of ether oxygens (including phenoxy) is 1. The van der Waals surface area contributed by atoms with E-state index in [1.54, 1.807) is 32.9 Å². The fourth-order valence-electron chi connectivity index (χ4n) is 6.19. The van der Waals surface area contributed by atoms with Crippen LogP contribution in [0.1, 0.15) is 82.8 Å². The lowest BCUT2D eigenvalue weighted by Crippen LogP contribution is -2.39. The lowest BCUT2D eigenvalue weighted by atomic mass is 9.82. The summed E-state index contributed by atoms with van der Waals surface area (Å²) in [5.74, 6) is -0.371. The third-order valence-corrected chi connectivity index (χ3v) is 8.96. The van der Waals surface area contributed by atoms with Gasteiger partial charge in [0.25, 0.3) is 0 Å². The molecule has 0 spiro atoms. The number of nitrogens with zero attached hydrogens (tertiary/aromatic N) is 3. The molecule has 1 aromatic heterocycles. The van der Waals surface area contributed by atoms with Crippen LogP contribution in [0.2, 0.25) is 0 Å². The van der Waals surface area contributed by atoms with Crippen molar-refractivity contribution in [3.8, 4) is 16.9 Å². The number of aliphatic hydroxyl groups excluding tert-OH is 1. The molecule has 262 valence electrons. The molecule has 2 aliphatic heterocycles. The molecule has 3 aromatic rings. The normalized spacial score (nSPS) is 17.1. The number of hydrogen-bond donors (Lipinski definition) is 3. The van der Waals surface area contributed by atoms with E-state index in [0.29, 0.717) is 19.6 Å². The second-order valence-corrected chi connectivity index (χ2v) is 15.0. The number of anilines is 1. The number of aryl methyl sites for hydroxylation is 1. The summed E-state index contributed by atoms with van der Waals surface area (Å²) in [6.45, 7) is 16.2. The molecule has 0 atom stereocenters. The Balaban J connectivity index is 0.000000968. The van der Waals surface area contributed by atoms with Crippen molar-refractivity contribution in [1.29, 1.82) is 0 Å². The quantitative estimate of drug-likeness (QED) is 0.218. The molecule has 8 nitrogen and oxygen atoms in total. The largest absolute Gasteiger partial charge is 0.493 e. The summed E-state index contributed by atoms with van der Waals surface area (Å²) in [7, 11) is 0. The minimum Gasteiger partial charge on any atom is -0.493 e. The summed E-state index contributed by atoms with van der Waals surface area (Å²) in [6.07, 6.45) is 3.87. The highest BCUT2D eigenvalue weighted by atomic mass is 19.1. The fourth-order valence-corrected chi connectivity index (χ4v) is 6.19. The van der Waals surface area contributed by atoms with Crippen LogP contribution in [-0.4, -0.2) is 75.7 Å². The standard InChI is InChI=1S/C35H44FN3O4.C4H10O/c1-24-30(22-32(41)42)34(39-19-15-35(2,3)16-20-39)33(31(37-24)23-38-17-12-28(40)13-18-38)26-6-10-29(11-7-26)43-21-14-25-4-8-27(36)9-5-25;1-4(2,3)5/h4-11,28,40H,12-23H2,1-3H3,(H,41,42);5H,1-3H3. The maximum Gasteiger partial charge on any atom is 0.307 e. The first-order valence-corrected chi connectivity index (χ1v) is 17.2. The van der Waals surface area contributed by atoms with Gasteiger partial charge in [0.2, 0.25) is 0 Å². The van der Waals surface area contributed by atoms with E-state index in [2.05, 4.69) is 23.6 Å². The minimum atomic E-state index is -0.864. The van der Waals surface area contributed by atoms with E-state index in [0.717, 1.165) is 96.9 Å². The Morgan fingerprint density at radius 2 is 1.58 bits per heavy atom. The SMILES string of the molecule is CC(C)(C)O.Cc1nc(CN2CCC(O)CC2)c(-c2ccc(OCCc3ccc(F)cc3)cc2)c(N2CCC(C)(C)CC2)c1CC(=O)O. The number of pyridine rings is 1. The van der Waals surface area contributed by atoms with Crippen LogP contribution < -0.4 is 9.64 Å². The molecule has 2 aromatic carbocycles. The van der Waals surface area contributed by atoms with Crippen molar-refractivity contribution in [1.82, 2.24) is 9.88 Å².